The normalized spacial score (nSPS) is 27.7. The van der Waals surface area contributed by atoms with E-state index in [0.717, 1.165) is 39.0 Å². The highest BCUT2D eigenvalue weighted by molar-refractivity contribution is 5.74. The Morgan fingerprint density at radius 3 is 2.71 bits per heavy atom. The smallest absolute Gasteiger partial charge is 0.317 e. The molecule has 1 atom stereocenters. The molecule has 4 heteroatoms. The maximum atomic E-state index is 11.7. The lowest BCUT2D eigenvalue weighted by Gasteiger charge is -2.28. The van der Waals surface area contributed by atoms with Crippen molar-refractivity contribution in [1.29, 1.82) is 0 Å². The number of carbonyl (C=O) groups is 1. The van der Waals surface area contributed by atoms with Crippen LogP contribution in [-0.2, 0) is 4.74 Å². The van der Waals surface area contributed by atoms with Crippen molar-refractivity contribution >= 4 is 6.03 Å². The summed E-state index contributed by atoms with van der Waals surface area (Å²) in [6.07, 6.45) is 4.51. The van der Waals surface area contributed by atoms with Crippen LogP contribution in [0.5, 0.6) is 0 Å². The van der Waals surface area contributed by atoms with E-state index in [1.54, 1.807) is 0 Å². The number of hydrogen-bond acceptors (Lipinski definition) is 2. The molecule has 0 aromatic heterocycles. The Morgan fingerprint density at radius 2 is 2.07 bits per heavy atom. The van der Waals surface area contributed by atoms with Gasteiger partial charge >= 0.3 is 6.03 Å². The molecule has 0 radical (unpaired) electrons. The van der Waals surface area contributed by atoms with Crippen LogP contribution < -0.4 is 5.32 Å². The Hall–Kier alpha value is -0.770. The molecule has 0 bridgehead atoms. The molecule has 1 unspecified atom stereocenters. The monoisotopic (exact) mass is 198 g/mol. The second-order valence-corrected chi connectivity index (χ2v) is 4.06. The van der Waals surface area contributed by atoms with Gasteiger partial charge in [-0.25, -0.2) is 4.79 Å². The highest BCUT2D eigenvalue weighted by Crippen LogP contribution is 2.10. The second kappa shape index (κ2) is 4.64. The van der Waals surface area contributed by atoms with E-state index < -0.39 is 0 Å². The minimum absolute atomic E-state index is 0.0974. The number of amides is 2. The van der Waals surface area contributed by atoms with E-state index in [0.29, 0.717) is 6.61 Å². The van der Waals surface area contributed by atoms with Crippen LogP contribution in [0.1, 0.15) is 25.7 Å². The number of likely N-dealkylation sites (tertiary alicyclic amines) is 1. The van der Waals surface area contributed by atoms with E-state index in [1.807, 2.05) is 4.90 Å². The number of rotatable bonds is 1. The summed E-state index contributed by atoms with van der Waals surface area (Å²) in [5, 5.41) is 3.01. The van der Waals surface area contributed by atoms with Crippen molar-refractivity contribution in [1.82, 2.24) is 10.2 Å². The molecule has 2 rings (SSSR count). The van der Waals surface area contributed by atoms with Gasteiger partial charge in [-0.1, -0.05) is 0 Å². The molecule has 2 aliphatic heterocycles. The Bertz CT molecular complexity index is 196. The van der Waals surface area contributed by atoms with E-state index in [9.17, 15) is 4.79 Å². The van der Waals surface area contributed by atoms with E-state index in [-0.39, 0.29) is 12.1 Å². The van der Waals surface area contributed by atoms with Crippen LogP contribution in [0.25, 0.3) is 0 Å². The van der Waals surface area contributed by atoms with E-state index in [1.165, 1.54) is 6.42 Å². The van der Waals surface area contributed by atoms with Gasteiger partial charge in [-0.15, -0.1) is 0 Å². The zero-order valence-electron chi connectivity index (χ0n) is 8.50. The summed E-state index contributed by atoms with van der Waals surface area (Å²) in [4.78, 5) is 13.6. The highest BCUT2D eigenvalue weighted by Gasteiger charge is 2.22. The largest absolute Gasteiger partial charge is 0.379 e. The van der Waals surface area contributed by atoms with Crippen molar-refractivity contribution in [3.8, 4) is 0 Å². The number of nitrogens with one attached hydrogen (secondary N) is 1. The maximum absolute atomic E-state index is 11.7. The fourth-order valence-corrected chi connectivity index (χ4v) is 2.01. The number of hydrogen-bond donors (Lipinski definition) is 1. The molecule has 14 heavy (non-hydrogen) atoms. The molecular weight excluding hydrogens is 180 g/mol. The van der Waals surface area contributed by atoms with Gasteiger partial charge in [0.15, 0.2) is 0 Å². The van der Waals surface area contributed by atoms with Gasteiger partial charge in [-0.3, -0.25) is 0 Å². The van der Waals surface area contributed by atoms with Crippen molar-refractivity contribution in [2.24, 2.45) is 0 Å². The van der Waals surface area contributed by atoms with E-state index in [4.69, 9.17) is 4.74 Å². The second-order valence-electron chi connectivity index (χ2n) is 4.06. The molecule has 2 heterocycles. The van der Waals surface area contributed by atoms with Gasteiger partial charge in [-0.05, 0) is 25.7 Å². The van der Waals surface area contributed by atoms with Crippen LogP contribution >= 0.6 is 0 Å². The van der Waals surface area contributed by atoms with Crippen LogP contribution in [0.2, 0.25) is 0 Å². The van der Waals surface area contributed by atoms with Gasteiger partial charge in [0.2, 0.25) is 0 Å². The molecule has 2 saturated heterocycles. The lowest BCUT2D eigenvalue weighted by atomic mass is 10.1. The lowest BCUT2D eigenvalue weighted by molar-refractivity contribution is 0.172. The van der Waals surface area contributed by atoms with Crippen molar-refractivity contribution in [3.63, 3.8) is 0 Å². The van der Waals surface area contributed by atoms with Gasteiger partial charge in [0.25, 0.3) is 0 Å². The number of nitrogens with zero attached hydrogens (tertiary/aromatic N) is 1. The first kappa shape index (κ1) is 9.77. The molecule has 1 N–H and O–H groups in total. The molecule has 2 fully saturated rings. The first-order valence-corrected chi connectivity index (χ1v) is 5.49. The average molecular weight is 198 g/mol. The first-order valence-electron chi connectivity index (χ1n) is 5.49. The van der Waals surface area contributed by atoms with E-state index >= 15 is 0 Å². The average Bonchev–Trinajstić information content (AvgIpc) is 2.72. The van der Waals surface area contributed by atoms with Crippen molar-refractivity contribution in [2.45, 2.75) is 31.7 Å². The Kier molecular flexibility index (Phi) is 3.24. The van der Waals surface area contributed by atoms with E-state index in [2.05, 4.69) is 5.32 Å². The number of carbonyl (C=O) groups excluding carboxylic acids is 1. The molecule has 0 spiro atoms. The topological polar surface area (TPSA) is 41.6 Å². The zero-order valence-corrected chi connectivity index (χ0v) is 8.50. The van der Waals surface area contributed by atoms with Crippen molar-refractivity contribution < 1.29 is 9.53 Å². The van der Waals surface area contributed by atoms with Crippen LogP contribution in [0, 0.1) is 0 Å². The number of piperidine rings is 1. The third-order valence-electron chi connectivity index (χ3n) is 2.90. The summed E-state index contributed by atoms with van der Waals surface area (Å²) >= 11 is 0. The van der Waals surface area contributed by atoms with Gasteiger partial charge in [0.05, 0.1) is 12.6 Å². The predicted molar refractivity (Wildman–Crippen MR) is 53.2 cm³/mol. The molecule has 4 nitrogen and oxygen atoms in total. The summed E-state index contributed by atoms with van der Waals surface area (Å²) in [6.45, 7) is 3.29. The maximum Gasteiger partial charge on any atom is 0.317 e. The first-order chi connectivity index (χ1) is 6.86. The summed E-state index contributed by atoms with van der Waals surface area (Å²) in [7, 11) is 0. The lowest BCUT2D eigenvalue weighted by Crippen LogP contribution is -2.46. The fourth-order valence-electron chi connectivity index (χ4n) is 2.01. The molecule has 2 amide bonds. The summed E-state index contributed by atoms with van der Waals surface area (Å²) < 4.78 is 5.21. The zero-order chi connectivity index (χ0) is 9.80. The van der Waals surface area contributed by atoms with Crippen molar-refractivity contribution in [3.05, 3.63) is 0 Å². The summed E-state index contributed by atoms with van der Waals surface area (Å²) in [5.41, 5.74) is 0. The third kappa shape index (κ3) is 2.38. The van der Waals surface area contributed by atoms with Crippen LogP contribution in [0.15, 0.2) is 0 Å². The molecule has 2 aliphatic rings. The van der Waals surface area contributed by atoms with Crippen LogP contribution in [-0.4, -0.2) is 43.3 Å². The van der Waals surface area contributed by atoms with Crippen LogP contribution in [0.3, 0.4) is 0 Å². The number of urea groups is 1. The third-order valence-corrected chi connectivity index (χ3v) is 2.90. The molecule has 80 valence electrons. The minimum atomic E-state index is 0.0974. The summed E-state index contributed by atoms with van der Waals surface area (Å²) in [6, 6.07) is 0.338. The van der Waals surface area contributed by atoms with Crippen molar-refractivity contribution in [2.75, 3.05) is 26.3 Å². The molecule has 0 aromatic carbocycles. The SMILES string of the molecule is O=C(NC1CCOC1)N1CCCCC1. The standard InChI is InChI=1S/C10H18N2O2/c13-10(11-9-4-7-14-8-9)12-5-2-1-3-6-12/h9H,1-8H2,(H,11,13). The molecular formula is C10H18N2O2. The van der Waals surface area contributed by atoms with Crippen LogP contribution in [0.4, 0.5) is 4.79 Å². The Morgan fingerprint density at radius 1 is 1.29 bits per heavy atom. The Balaban J connectivity index is 1.75. The van der Waals surface area contributed by atoms with Gasteiger partial charge in [0, 0.05) is 19.7 Å². The highest BCUT2D eigenvalue weighted by atomic mass is 16.5. The quantitative estimate of drug-likeness (QED) is 0.682. The van der Waals surface area contributed by atoms with Gasteiger partial charge < -0.3 is 15.0 Å². The van der Waals surface area contributed by atoms with Gasteiger partial charge in [0.1, 0.15) is 0 Å². The van der Waals surface area contributed by atoms with Gasteiger partial charge in [-0.2, -0.15) is 0 Å². The molecule has 0 aliphatic carbocycles. The fraction of sp³-hybridized carbons (Fsp3) is 0.900. The Labute approximate surface area is 84.6 Å². The summed E-state index contributed by atoms with van der Waals surface area (Å²) in [5.74, 6) is 0. The predicted octanol–water partition coefficient (Wildman–Crippen LogP) is 0.971. The number of ether oxygens (including phenoxy) is 1. The minimum Gasteiger partial charge on any atom is -0.379 e. The molecule has 0 aromatic rings. The molecule has 0 saturated carbocycles.